The number of hydrogen-bond acceptors (Lipinski definition) is 1. The molecule has 0 saturated carbocycles. The van der Waals surface area contributed by atoms with E-state index in [0.717, 1.165) is 6.54 Å². The molecular weight excluding hydrogens is 194 g/mol. The topological polar surface area (TPSA) is 12.0 Å². The normalized spacial score (nSPS) is 14.8. The molecule has 1 aromatic rings. The second-order valence-corrected chi connectivity index (χ2v) is 5.02. The van der Waals surface area contributed by atoms with E-state index in [9.17, 15) is 0 Å². The molecule has 0 aliphatic rings. The van der Waals surface area contributed by atoms with E-state index in [1.807, 2.05) is 0 Å². The molecule has 0 radical (unpaired) electrons. The van der Waals surface area contributed by atoms with Gasteiger partial charge in [0, 0.05) is 6.04 Å². The molecule has 0 heterocycles. The highest BCUT2D eigenvalue weighted by atomic mass is 14.9. The van der Waals surface area contributed by atoms with E-state index in [2.05, 4.69) is 58.1 Å². The molecule has 0 saturated heterocycles. The first kappa shape index (κ1) is 13.2. The first-order chi connectivity index (χ1) is 7.52. The van der Waals surface area contributed by atoms with Gasteiger partial charge < -0.3 is 5.32 Å². The maximum atomic E-state index is 3.48. The van der Waals surface area contributed by atoms with Gasteiger partial charge in [-0.25, -0.2) is 0 Å². The Kier molecular flexibility index (Phi) is 5.01. The summed E-state index contributed by atoms with van der Waals surface area (Å²) in [6, 6.07) is 7.47. The molecule has 0 aromatic heterocycles. The zero-order chi connectivity index (χ0) is 12.1. The Labute approximate surface area is 100 Å². The second-order valence-electron chi connectivity index (χ2n) is 5.02. The highest BCUT2D eigenvalue weighted by Gasteiger charge is 2.10. The van der Waals surface area contributed by atoms with Gasteiger partial charge in [0.05, 0.1) is 0 Å². The number of aryl methyl sites for hydroxylation is 2. The van der Waals surface area contributed by atoms with Crippen molar-refractivity contribution in [1.29, 1.82) is 0 Å². The zero-order valence-electron chi connectivity index (χ0n) is 11.3. The molecule has 90 valence electrons. The fourth-order valence-electron chi connectivity index (χ4n) is 2.39. The van der Waals surface area contributed by atoms with E-state index in [4.69, 9.17) is 0 Å². The van der Waals surface area contributed by atoms with Crippen LogP contribution in [0.2, 0.25) is 0 Å². The lowest BCUT2D eigenvalue weighted by Gasteiger charge is -2.19. The lowest BCUT2D eigenvalue weighted by atomic mass is 9.92. The predicted molar refractivity (Wildman–Crippen MR) is 72.1 cm³/mol. The minimum atomic E-state index is 0.598. The number of nitrogens with one attached hydrogen (secondary N) is 1. The molecule has 2 unspecified atom stereocenters. The first-order valence-electron chi connectivity index (χ1n) is 6.34. The molecule has 0 aliphatic heterocycles. The van der Waals surface area contributed by atoms with Crippen LogP contribution in [0.5, 0.6) is 0 Å². The standard InChI is InChI=1S/C15H25N/c1-6-16-14(5)10-13(4)15-8-11(2)7-12(3)9-15/h7-9,13-14,16H,6,10H2,1-5H3. The minimum Gasteiger partial charge on any atom is -0.315 e. The summed E-state index contributed by atoms with van der Waals surface area (Å²) in [6.45, 7) is 12.2. The molecule has 0 bridgehead atoms. The lowest BCUT2D eigenvalue weighted by Crippen LogP contribution is -2.26. The summed E-state index contributed by atoms with van der Waals surface area (Å²) < 4.78 is 0. The zero-order valence-corrected chi connectivity index (χ0v) is 11.3. The molecule has 1 aromatic carbocycles. The van der Waals surface area contributed by atoms with E-state index in [1.165, 1.54) is 23.1 Å². The van der Waals surface area contributed by atoms with E-state index in [0.29, 0.717) is 12.0 Å². The van der Waals surface area contributed by atoms with Crippen LogP contribution in [0.4, 0.5) is 0 Å². The third-order valence-corrected chi connectivity index (χ3v) is 3.07. The Hall–Kier alpha value is -0.820. The van der Waals surface area contributed by atoms with Gasteiger partial charge in [-0.1, -0.05) is 43.2 Å². The first-order valence-corrected chi connectivity index (χ1v) is 6.34. The Bertz CT molecular complexity index is 310. The predicted octanol–water partition coefficient (Wildman–Crippen LogP) is 3.80. The van der Waals surface area contributed by atoms with Crippen molar-refractivity contribution in [2.75, 3.05) is 6.54 Å². The van der Waals surface area contributed by atoms with Crippen molar-refractivity contribution < 1.29 is 0 Å². The Morgan fingerprint density at radius 3 is 2.12 bits per heavy atom. The van der Waals surface area contributed by atoms with E-state index in [1.54, 1.807) is 0 Å². The van der Waals surface area contributed by atoms with Crippen molar-refractivity contribution in [2.24, 2.45) is 0 Å². The summed E-state index contributed by atoms with van der Waals surface area (Å²) in [5.74, 6) is 0.632. The van der Waals surface area contributed by atoms with Crippen LogP contribution in [-0.2, 0) is 0 Å². The number of hydrogen-bond donors (Lipinski definition) is 1. The monoisotopic (exact) mass is 219 g/mol. The summed E-state index contributed by atoms with van der Waals surface area (Å²) in [5.41, 5.74) is 4.22. The SMILES string of the molecule is CCNC(C)CC(C)c1cc(C)cc(C)c1. The van der Waals surface area contributed by atoms with E-state index >= 15 is 0 Å². The average Bonchev–Trinajstić information content (AvgIpc) is 2.16. The molecule has 0 fully saturated rings. The maximum Gasteiger partial charge on any atom is 0.00443 e. The number of rotatable bonds is 5. The molecule has 1 N–H and O–H groups in total. The van der Waals surface area contributed by atoms with E-state index in [-0.39, 0.29) is 0 Å². The molecule has 0 amide bonds. The second kappa shape index (κ2) is 6.05. The fraction of sp³-hybridized carbons (Fsp3) is 0.600. The van der Waals surface area contributed by atoms with Crippen molar-refractivity contribution in [1.82, 2.24) is 5.32 Å². The van der Waals surface area contributed by atoms with Gasteiger partial charge in [-0.3, -0.25) is 0 Å². The van der Waals surface area contributed by atoms with Crippen molar-refractivity contribution in [3.8, 4) is 0 Å². The van der Waals surface area contributed by atoms with Gasteiger partial charge in [0.2, 0.25) is 0 Å². The van der Waals surface area contributed by atoms with Crippen molar-refractivity contribution in [3.05, 3.63) is 34.9 Å². The van der Waals surface area contributed by atoms with Crippen molar-refractivity contribution in [3.63, 3.8) is 0 Å². The molecule has 16 heavy (non-hydrogen) atoms. The highest BCUT2D eigenvalue weighted by molar-refractivity contribution is 5.30. The van der Waals surface area contributed by atoms with Gasteiger partial charge in [0.15, 0.2) is 0 Å². The maximum absolute atomic E-state index is 3.48. The van der Waals surface area contributed by atoms with Crippen LogP contribution in [0.3, 0.4) is 0 Å². The smallest absolute Gasteiger partial charge is 0.00443 e. The van der Waals surface area contributed by atoms with Crippen LogP contribution in [0.15, 0.2) is 18.2 Å². The molecule has 1 nitrogen and oxygen atoms in total. The van der Waals surface area contributed by atoms with Crippen LogP contribution in [-0.4, -0.2) is 12.6 Å². The van der Waals surface area contributed by atoms with Crippen molar-refractivity contribution in [2.45, 2.75) is 53.0 Å². The van der Waals surface area contributed by atoms with Crippen LogP contribution < -0.4 is 5.32 Å². The van der Waals surface area contributed by atoms with Crippen LogP contribution in [0.25, 0.3) is 0 Å². The lowest BCUT2D eigenvalue weighted by molar-refractivity contribution is 0.491. The third kappa shape index (κ3) is 3.97. The Balaban J connectivity index is 2.68. The molecular formula is C15H25N. The molecule has 1 heteroatoms. The molecule has 1 rings (SSSR count). The van der Waals surface area contributed by atoms with Crippen molar-refractivity contribution >= 4 is 0 Å². The van der Waals surface area contributed by atoms with Crippen LogP contribution >= 0.6 is 0 Å². The van der Waals surface area contributed by atoms with Crippen LogP contribution in [0, 0.1) is 13.8 Å². The third-order valence-electron chi connectivity index (χ3n) is 3.07. The Morgan fingerprint density at radius 1 is 1.06 bits per heavy atom. The summed E-state index contributed by atoms with van der Waals surface area (Å²) in [4.78, 5) is 0. The number of benzene rings is 1. The molecule has 2 atom stereocenters. The largest absolute Gasteiger partial charge is 0.315 e. The van der Waals surface area contributed by atoms with Gasteiger partial charge in [0.25, 0.3) is 0 Å². The summed E-state index contributed by atoms with van der Waals surface area (Å²) in [7, 11) is 0. The van der Waals surface area contributed by atoms with Gasteiger partial charge >= 0.3 is 0 Å². The van der Waals surface area contributed by atoms with Gasteiger partial charge in [-0.15, -0.1) is 0 Å². The summed E-state index contributed by atoms with van der Waals surface area (Å²) >= 11 is 0. The Morgan fingerprint density at radius 2 is 1.62 bits per heavy atom. The molecule has 0 aliphatic carbocycles. The van der Waals surface area contributed by atoms with Gasteiger partial charge in [-0.2, -0.15) is 0 Å². The van der Waals surface area contributed by atoms with E-state index < -0.39 is 0 Å². The molecule has 0 spiro atoms. The summed E-state index contributed by atoms with van der Waals surface area (Å²) in [5, 5.41) is 3.48. The minimum absolute atomic E-state index is 0.598. The highest BCUT2D eigenvalue weighted by Crippen LogP contribution is 2.22. The van der Waals surface area contributed by atoms with Gasteiger partial charge in [0.1, 0.15) is 0 Å². The average molecular weight is 219 g/mol. The van der Waals surface area contributed by atoms with Crippen LogP contribution in [0.1, 0.15) is 49.8 Å². The van der Waals surface area contributed by atoms with Gasteiger partial charge in [-0.05, 0) is 45.2 Å². The summed E-state index contributed by atoms with van der Waals surface area (Å²) in [6.07, 6.45) is 1.21. The fourth-order valence-corrected chi connectivity index (χ4v) is 2.39. The quantitative estimate of drug-likeness (QED) is 0.794.